The van der Waals surface area contributed by atoms with E-state index in [9.17, 15) is 4.39 Å². The quantitative estimate of drug-likeness (QED) is 0.281. The van der Waals surface area contributed by atoms with Crippen LogP contribution in [0, 0.1) is 29.1 Å². The highest BCUT2D eigenvalue weighted by Gasteiger charge is 2.25. The van der Waals surface area contributed by atoms with Crippen molar-refractivity contribution in [2.24, 2.45) is 17.8 Å². The van der Waals surface area contributed by atoms with Gasteiger partial charge in [-0.25, -0.2) is 0 Å². The number of halogens is 1. The van der Waals surface area contributed by atoms with Crippen LogP contribution in [-0.2, 0) is 0 Å². The van der Waals surface area contributed by atoms with Crippen LogP contribution in [0.5, 0.6) is 0 Å². The average molecular weight is 410 g/mol. The second-order valence-corrected chi connectivity index (χ2v) is 9.81. The molecule has 1 aromatic carbocycles. The van der Waals surface area contributed by atoms with E-state index in [1.807, 2.05) is 12.1 Å². The van der Waals surface area contributed by atoms with Crippen LogP contribution in [0.1, 0.15) is 107 Å². The molecule has 0 amide bonds. The van der Waals surface area contributed by atoms with Crippen LogP contribution in [0.25, 0.3) is 0 Å². The third-order valence-corrected chi connectivity index (χ3v) is 7.70. The minimum absolute atomic E-state index is 0.170. The first-order valence-electron chi connectivity index (χ1n) is 12.5. The van der Waals surface area contributed by atoms with Crippen molar-refractivity contribution in [2.75, 3.05) is 6.67 Å². The zero-order chi connectivity index (χ0) is 21.0. The molecule has 0 aliphatic heterocycles. The Labute approximate surface area is 183 Å². The molecule has 0 N–H and O–H groups in total. The lowest BCUT2D eigenvalue weighted by Crippen LogP contribution is -2.17. The van der Waals surface area contributed by atoms with E-state index in [0.717, 1.165) is 36.2 Å². The summed E-state index contributed by atoms with van der Waals surface area (Å²) < 4.78 is 12.1. The molecule has 0 atom stereocenters. The van der Waals surface area contributed by atoms with Crippen molar-refractivity contribution in [1.29, 1.82) is 5.26 Å². The smallest absolute Gasteiger partial charge is 0.0991 e. The molecule has 3 rings (SSSR count). The largest absolute Gasteiger partial charge is 0.251 e. The Bertz CT molecular complexity index is 655. The number of hydrogen-bond acceptors (Lipinski definition) is 1. The molecule has 164 valence electrons. The molecule has 2 saturated carbocycles. The average Bonchev–Trinajstić information content (AvgIpc) is 2.81. The SMILES string of the molecule is N#Cc1ccc([C@H]2CC[C@H](CC[C@H]3CC[C@H](C/C=C/CCCCF)CC3)CC2)cc1. The number of allylic oxidation sites excluding steroid dienone is 2. The molecule has 0 saturated heterocycles. The van der Waals surface area contributed by atoms with Crippen LogP contribution in [0.15, 0.2) is 36.4 Å². The van der Waals surface area contributed by atoms with E-state index in [0.29, 0.717) is 12.3 Å². The Morgan fingerprint density at radius 3 is 2.00 bits per heavy atom. The second-order valence-electron chi connectivity index (χ2n) is 9.81. The normalized spacial score (nSPS) is 27.2. The van der Waals surface area contributed by atoms with Crippen LogP contribution in [0.4, 0.5) is 4.39 Å². The van der Waals surface area contributed by atoms with E-state index in [1.165, 1.54) is 76.2 Å². The summed E-state index contributed by atoms with van der Waals surface area (Å²) in [6, 6.07) is 10.5. The van der Waals surface area contributed by atoms with Gasteiger partial charge in [0.25, 0.3) is 0 Å². The Kier molecular flexibility index (Phi) is 9.94. The highest BCUT2D eigenvalue weighted by atomic mass is 19.1. The van der Waals surface area contributed by atoms with Crippen LogP contribution in [0.2, 0.25) is 0 Å². The molecule has 30 heavy (non-hydrogen) atoms. The Hall–Kier alpha value is -1.62. The number of unbranched alkanes of at least 4 members (excludes halogenated alkanes) is 2. The van der Waals surface area contributed by atoms with E-state index in [4.69, 9.17) is 5.26 Å². The molecule has 1 aromatic rings. The topological polar surface area (TPSA) is 23.8 Å². The van der Waals surface area contributed by atoms with Gasteiger partial charge in [-0.3, -0.25) is 4.39 Å². The van der Waals surface area contributed by atoms with E-state index in [-0.39, 0.29) is 6.67 Å². The van der Waals surface area contributed by atoms with Crippen molar-refractivity contribution < 1.29 is 4.39 Å². The monoisotopic (exact) mass is 409 g/mol. The van der Waals surface area contributed by atoms with Crippen molar-refractivity contribution in [2.45, 2.75) is 95.8 Å². The zero-order valence-corrected chi connectivity index (χ0v) is 18.7. The Balaban J connectivity index is 1.27. The van der Waals surface area contributed by atoms with E-state index < -0.39 is 0 Å². The number of alkyl halides is 1. The zero-order valence-electron chi connectivity index (χ0n) is 18.7. The van der Waals surface area contributed by atoms with E-state index in [2.05, 4.69) is 30.4 Å². The first kappa shape index (κ1) is 23.1. The number of hydrogen-bond donors (Lipinski definition) is 0. The minimum Gasteiger partial charge on any atom is -0.251 e. The van der Waals surface area contributed by atoms with E-state index in [1.54, 1.807) is 0 Å². The summed E-state index contributed by atoms with van der Waals surface area (Å²) in [6.07, 6.45) is 22.6. The summed E-state index contributed by atoms with van der Waals surface area (Å²) in [5, 5.41) is 8.97. The molecule has 2 fully saturated rings. The lowest BCUT2D eigenvalue weighted by molar-refractivity contribution is 0.231. The molecule has 0 bridgehead atoms. The molecule has 0 aromatic heterocycles. The summed E-state index contributed by atoms with van der Waals surface area (Å²) in [6.45, 7) is -0.170. The van der Waals surface area contributed by atoms with Crippen LogP contribution in [-0.4, -0.2) is 6.67 Å². The number of nitrogens with zero attached hydrogens (tertiary/aromatic N) is 1. The van der Waals surface area contributed by atoms with Gasteiger partial charge in [0, 0.05) is 0 Å². The molecule has 0 heterocycles. The van der Waals surface area contributed by atoms with Gasteiger partial charge in [-0.1, -0.05) is 50.0 Å². The standard InChI is InChI=1S/C28H40FN/c29-21-5-3-1-2-4-6-23-7-9-24(10-8-23)11-12-25-13-17-27(18-14-25)28-19-15-26(22-30)16-20-28/h2,4,15-16,19-20,23-25,27H,1,3,5-14,17-18,21H2/b4-2+/t23-,24-,25-,27-. The van der Waals surface area contributed by atoms with Gasteiger partial charge in [0.05, 0.1) is 18.3 Å². The molecule has 2 heteroatoms. The fourth-order valence-electron chi connectivity index (χ4n) is 5.60. The predicted molar refractivity (Wildman–Crippen MR) is 124 cm³/mol. The van der Waals surface area contributed by atoms with Crippen molar-refractivity contribution in [1.82, 2.24) is 0 Å². The van der Waals surface area contributed by atoms with Gasteiger partial charge in [0.2, 0.25) is 0 Å². The third-order valence-electron chi connectivity index (χ3n) is 7.70. The highest BCUT2D eigenvalue weighted by molar-refractivity contribution is 5.33. The molecule has 1 nitrogen and oxygen atoms in total. The van der Waals surface area contributed by atoms with Gasteiger partial charge < -0.3 is 0 Å². The molecule has 0 unspecified atom stereocenters. The highest BCUT2D eigenvalue weighted by Crippen LogP contribution is 2.40. The Morgan fingerprint density at radius 2 is 1.40 bits per heavy atom. The lowest BCUT2D eigenvalue weighted by Gasteiger charge is -2.32. The number of benzene rings is 1. The lowest BCUT2D eigenvalue weighted by atomic mass is 9.74. The molecular formula is C28H40FN. The van der Waals surface area contributed by atoms with Crippen LogP contribution < -0.4 is 0 Å². The maximum Gasteiger partial charge on any atom is 0.0991 e. The first-order chi connectivity index (χ1) is 14.8. The predicted octanol–water partition coefficient (Wildman–Crippen LogP) is 8.50. The molecule has 0 spiro atoms. The molecule has 2 aliphatic rings. The molecule has 0 radical (unpaired) electrons. The number of rotatable bonds is 10. The van der Waals surface area contributed by atoms with Gasteiger partial charge in [-0.2, -0.15) is 5.26 Å². The Morgan fingerprint density at radius 1 is 0.800 bits per heavy atom. The van der Waals surface area contributed by atoms with Crippen LogP contribution >= 0.6 is 0 Å². The fraction of sp³-hybridized carbons (Fsp3) is 0.679. The summed E-state index contributed by atoms with van der Waals surface area (Å²) in [4.78, 5) is 0. The summed E-state index contributed by atoms with van der Waals surface area (Å²) in [7, 11) is 0. The maximum absolute atomic E-state index is 12.1. The first-order valence-corrected chi connectivity index (χ1v) is 12.5. The maximum atomic E-state index is 12.1. The number of nitriles is 1. The van der Waals surface area contributed by atoms with Gasteiger partial charge in [-0.05, 0) is 106 Å². The van der Waals surface area contributed by atoms with Gasteiger partial charge in [0.1, 0.15) is 0 Å². The molecule has 2 aliphatic carbocycles. The van der Waals surface area contributed by atoms with Gasteiger partial charge in [-0.15, -0.1) is 0 Å². The molecular weight excluding hydrogens is 369 g/mol. The van der Waals surface area contributed by atoms with Crippen LogP contribution in [0.3, 0.4) is 0 Å². The fourth-order valence-corrected chi connectivity index (χ4v) is 5.60. The third kappa shape index (κ3) is 7.57. The summed E-state index contributed by atoms with van der Waals surface area (Å²) in [5.74, 6) is 3.49. The van der Waals surface area contributed by atoms with E-state index >= 15 is 0 Å². The van der Waals surface area contributed by atoms with Gasteiger partial charge in [0.15, 0.2) is 0 Å². The van der Waals surface area contributed by atoms with Gasteiger partial charge >= 0.3 is 0 Å². The van der Waals surface area contributed by atoms with Crippen molar-refractivity contribution in [3.63, 3.8) is 0 Å². The summed E-state index contributed by atoms with van der Waals surface area (Å²) in [5.41, 5.74) is 2.20. The van der Waals surface area contributed by atoms with Crippen molar-refractivity contribution in [3.8, 4) is 6.07 Å². The van der Waals surface area contributed by atoms with Crippen molar-refractivity contribution in [3.05, 3.63) is 47.5 Å². The minimum atomic E-state index is -0.170. The van der Waals surface area contributed by atoms with Crippen molar-refractivity contribution >= 4 is 0 Å². The second kappa shape index (κ2) is 12.9. The summed E-state index contributed by atoms with van der Waals surface area (Å²) >= 11 is 0.